The Kier molecular flexibility index (Phi) is 4.47. The van der Waals surface area contributed by atoms with Gasteiger partial charge in [0.2, 0.25) is 5.88 Å². The van der Waals surface area contributed by atoms with Gasteiger partial charge in [-0.15, -0.1) is 0 Å². The van der Waals surface area contributed by atoms with Crippen molar-refractivity contribution in [1.29, 1.82) is 5.26 Å². The number of ether oxygens (including phenoxy) is 1. The number of nitrogens with two attached hydrogens (primary N) is 1. The predicted molar refractivity (Wildman–Crippen MR) is 101 cm³/mol. The van der Waals surface area contributed by atoms with E-state index in [0.717, 1.165) is 0 Å². The third kappa shape index (κ3) is 3.01. The summed E-state index contributed by atoms with van der Waals surface area (Å²) in [4.78, 5) is 12.6. The molecule has 4 rings (SSSR count). The van der Waals surface area contributed by atoms with Crippen LogP contribution in [0, 0.1) is 11.3 Å². The van der Waals surface area contributed by atoms with Crippen LogP contribution < -0.4 is 5.73 Å². The van der Waals surface area contributed by atoms with Crippen LogP contribution in [-0.4, -0.2) is 5.78 Å². The molecule has 0 saturated heterocycles. The van der Waals surface area contributed by atoms with E-state index in [1.54, 1.807) is 30.3 Å². The number of halogens is 2. The molecule has 1 atom stereocenters. The van der Waals surface area contributed by atoms with Crippen LogP contribution in [0.5, 0.6) is 0 Å². The van der Waals surface area contributed by atoms with Crippen LogP contribution in [0.4, 0.5) is 0 Å². The van der Waals surface area contributed by atoms with Gasteiger partial charge in [0.25, 0.3) is 0 Å². The van der Waals surface area contributed by atoms with Crippen molar-refractivity contribution in [2.75, 3.05) is 0 Å². The molecule has 1 aliphatic carbocycles. The Morgan fingerprint density at radius 3 is 2.78 bits per heavy atom. The minimum Gasteiger partial charge on any atom is -0.460 e. The highest BCUT2D eigenvalue weighted by atomic mass is 35.5. The molecule has 2 aromatic rings. The number of nitrogens with zero attached hydrogens (tertiary/aromatic N) is 1. The van der Waals surface area contributed by atoms with E-state index in [0.29, 0.717) is 57.7 Å². The van der Waals surface area contributed by atoms with E-state index < -0.39 is 5.92 Å². The molecule has 7 heteroatoms. The number of benzene rings is 1. The number of carbonyl (C=O) groups is 1. The first-order valence-corrected chi connectivity index (χ1v) is 9.14. The minimum absolute atomic E-state index is 0.00897. The molecular formula is C20H14Cl2N2O3. The monoisotopic (exact) mass is 400 g/mol. The third-order valence-corrected chi connectivity index (χ3v) is 5.27. The summed E-state index contributed by atoms with van der Waals surface area (Å²) in [5.41, 5.74) is 7.19. The number of ketones is 1. The average Bonchev–Trinajstić information content (AvgIpc) is 3.12. The summed E-state index contributed by atoms with van der Waals surface area (Å²) in [6.07, 6.45) is 1.71. The largest absolute Gasteiger partial charge is 0.460 e. The van der Waals surface area contributed by atoms with Gasteiger partial charge in [-0.2, -0.15) is 5.26 Å². The van der Waals surface area contributed by atoms with Crippen molar-refractivity contribution in [2.45, 2.75) is 25.2 Å². The van der Waals surface area contributed by atoms with Crippen LogP contribution in [0.25, 0.3) is 11.3 Å². The molecule has 1 aromatic heterocycles. The number of furan rings is 1. The first kappa shape index (κ1) is 17.7. The molecule has 0 saturated carbocycles. The number of Topliss-reactive ketones (excluding diaryl/α,β-unsaturated/α-hetero) is 1. The van der Waals surface area contributed by atoms with Gasteiger partial charge in [0.15, 0.2) is 5.78 Å². The highest BCUT2D eigenvalue weighted by Crippen LogP contribution is 2.45. The zero-order chi connectivity index (χ0) is 19.1. The van der Waals surface area contributed by atoms with Crippen LogP contribution in [0.3, 0.4) is 0 Å². The fourth-order valence-electron chi connectivity index (χ4n) is 3.48. The molecule has 2 N–H and O–H groups in total. The van der Waals surface area contributed by atoms with Gasteiger partial charge in [-0.3, -0.25) is 4.79 Å². The van der Waals surface area contributed by atoms with E-state index in [1.807, 2.05) is 0 Å². The van der Waals surface area contributed by atoms with Crippen LogP contribution in [0.2, 0.25) is 10.0 Å². The van der Waals surface area contributed by atoms with Gasteiger partial charge >= 0.3 is 0 Å². The molecule has 136 valence electrons. The van der Waals surface area contributed by atoms with Crippen LogP contribution in [0.1, 0.15) is 30.9 Å². The molecule has 1 aromatic carbocycles. The zero-order valence-electron chi connectivity index (χ0n) is 14.1. The Balaban J connectivity index is 1.83. The number of allylic oxidation sites excluding steroid dienone is 3. The highest BCUT2D eigenvalue weighted by molar-refractivity contribution is 6.35. The highest BCUT2D eigenvalue weighted by Gasteiger charge is 2.39. The minimum atomic E-state index is -0.682. The van der Waals surface area contributed by atoms with Gasteiger partial charge in [0.05, 0.1) is 10.9 Å². The van der Waals surface area contributed by atoms with Crippen molar-refractivity contribution in [3.8, 4) is 17.4 Å². The second kappa shape index (κ2) is 6.80. The fraction of sp³-hybridized carbons (Fsp3) is 0.200. The topological polar surface area (TPSA) is 89.3 Å². The lowest BCUT2D eigenvalue weighted by molar-refractivity contribution is -0.116. The standard InChI is InChI=1S/C20H14Cl2N2O3/c21-10-4-5-13(22)11(8-10)15-6-7-17(26-15)18-12(9-23)20(24)27-16-3-1-2-14(25)19(16)18/h4-8,18H,1-3,24H2/t18-/m1/s1. The van der Waals surface area contributed by atoms with Gasteiger partial charge < -0.3 is 14.9 Å². The molecule has 2 aliphatic rings. The van der Waals surface area contributed by atoms with Crippen LogP contribution in [-0.2, 0) is 9.53 Å². The molecule has 27 heavy (non-hydrogen) atoms. The maximum Gasteiger partial charge on any atom is 0.205 e. The Hall–Kier alpha value is -2.68. The first-order valence-electron chi connectivity index (χ1n) is 8.38. The zero-order valence-corrected chi connectivity index (χ0v) is 15.6. The molecule has 5 nitrogen and oxygen atoms in total. The van der Waals surface area contributed by atoms with E-state index in [9.17, 15) is 10.1 Å². The smallest absolute Gasteiger partial charge is 0.205 e. The summed E-state index contributed by atoms with van der Waals surface area (Å²) < 4.78 is 11.6. The maximum absolute atomic E-state index is 12.6. The average molecular weight is 401 g/mol. The van der Waals surface area contributed by atoms with Gasteiger partial charge in [0.1, 0.15) is 28.9 Å². The first-order chi connectivity index (χ1) is 13.0. The lowest BCUT2D eigenvalue weighted by Gasteiger charge is -2.29. The second-order valence-corrected chi connectivity index (χ2v) is 7.21. The SMILES string of the molecule is N#CC1=C(N)OC2=C(C(=O)CCC2)[C@H]1c1ccc(-c2cc(Cl)ccc2Cl)o1. The molecule has 0 fully saturated rings. The Bertz CT molecular complexity index is 1060. The van der Waals surface area contributed by atoms with Crippen LogP contribution in [0.15, 0.2) is 57.5 Å². The Morgan fingerprint density at radius 1 is 1.19 bits per heavy atom. The van der Waals surface area contributed by atoms with Crippen molar-refractivity contribution in [3.63, 3.8) is 0 Å². The number of rotatable bonds is 2. The molecule has 0 amide bonds. The van der Waals surface area contributed by atoms with Crippen LogP contribution >= 0.6 is 23.2 Å². The van der Waals surface area contributed by atoms with Crippen molar-refractivity contribution in [2.24, 2.45) is 5.73 Å². The summed E-state index contributed by atoms with van der Waals surface area (Å²) in [7, 11) is 0. The summed E-state index contributed by atoms with van der Waals surface area (Å²) >= 11 is 12.3. The Morgan fingerprint density at radius 2 is 2.00 bits per heavy atom. The normalized spacial score (nSPS) is 19.6. The quantitative estimate of drug-likeness (QED) is 0.759. The third-order valence-electron chi connectivity index (χ3n) is 4.71. The van der Waals surface area contributed by atoms with Crippen molar-refractivity contribution in [3.05, 3.63) is 68.9 Å². The lowest BCUT2D eigenvalue weighted by Crippen LogP contribution is -2.27. The number of hydrogen-bond donors (Lipinski definition) is 1. The summed E-state index contributed by atoms with van der Waals surface area (Å²) in [5.74, 6) is 0.719. The molecule has 1 aliphatic heterocycles. The van der Waals surface area contributed by atoms with Gasteiger partial charge in [-0.1, -0.05) is 23.2 Å². The van der Waals surface area contributed by atoms with E-state index in [-0.39, 0.29) is 17.2 Å². The van der Waals surface area contributed by atoms with Crippen molar-refractivity contribution in [1.82, 2.24) is 0 Å². The van der Waals surface area contributed by atoms with E-state index in [2.05, 4.69) is 6.07 Å². The molecular weight excluding hydrogens is 387 g/mol. The van der Waals surface area contributed by atoms with E-state index in [1.165, 1.54) is 0 Å². The van der Waals surface area contributed by atoms with Gasteiger partial charge in [0, 0.05) is 29.0 Å². The number of carbonyl (C=O) groups excluding carboxylic acids is 1. The summed E-state index contributed by atoms with van der Waals surface area (Å²) in [6, 6.07) is 10.6. The lowest BCUT2D eigenvalue weighted by atomic mass is 9.80. The van der Waals surface area contributed by atoms with Gasteiger partial charge in [-0.05, 0) is 36.8 Å². The number of hydrogen-bond acceptors (Lipinski definition) is 5. The van der Waals surface area contributed by atoms with Crippen molar-refractivity contribution >= 4 is 29.0 Å². The van der Waals surface area contributed by atoms with E-state index >= 15 is 0 Å². The molecule has 0 unspecified atom stereocenters. The van der Waals surface area contributed by atoms with E-state index in [4.69, 9.17) is 38.1 Å². The number of nitriles is 1. The molecule has 0 bridgehead atoms. The second-order valence-electron chi connectivity index (χ2n) is 6.36. The maximum atomic E-state index is 12.6. The summed E-state index contributed by atoms with van der Waals surface area (Å²) in [5, 5.41) is 10.6. The Labute approximate surface area is 165 Å². The van der Waals surface area contributed by atoms with Gasteiger partial charge in [-0.25, -0.2) is 0 Å². The summed E-state index contributed by atoms with van der Waals surface area (Å²) in [6.45, 7) is 0. The molecule has 0 spiro atoms. The molecule has 2 heterocycles. The molecule has 0 radical (unpaired) electrons. The fourth-order valence-corrected chi connectivity index (χ4v) is 3.86. The predicted octanol–water partition coefficient (Wildman–Crippen LogP) is 5.07. The van der Waals surface area contributed by atoms with Crippen molar-refractivity contribution < 1.29 is 13.9 Å².